The number of hydrogen-bond acceptors (Lipinski definition) is 4. The number of nitrogen functional groups attached to an aromatic ring is 2. The molecular weight excluding hydrogens is 236 g/mol. The second-order valence-electron chi connectivity index (χ2n) is 3.76. The number of hydrogen-bond donors (Lipinski definition) is 3. The lowest BCUT2D eigenvalue weighted by Gasteiger charge is -2.10. The first-order valence-electron chi connectivity index (χ1n) is 5.11. The van der Waals surface area contributed by atoms with Crippen LogP contribution in [0.5, 0.6) is 0 Å². The lowest BCUT2D eigenvalue weighted by Crippen LogP contribution is -2.01. The molecule has 5 heteroatoms. The Labute approximate surface area is 105 Å². The quantitative estimate of drug-likeness (QED) is 0.764. The monoisotopic (exact) mass is 248 g/mol. The Morgan fingerprint density at radius 1 is 1.18 bits per heavy atom. The summed E-state index contributed by atoms with van der Waals surface area (Å²) in [6.07, 6.45) is 0. The van der Waals surface area contributed by atoms with E-state index in [4.69, 9.17) is 23.1 Å². The largest absolute Gasteiger partial charge is 0.396 e. The molecule has 5 N–H and O–H groups in total. The zero-order chi connectivity index (χ0) is 12.4. The first-order chi connectivity index (χ1) is 8.06. The van der Waals surface area contributed by atoms with E-state index in [0.29, 0.717) is 22.3 Å². The van der Waals surface area contributed by atoms with Crippen LogP contribution < -0.4 is 16.8 Å². The van der Waals surface area contributed by atoms with Gasteiger partial charge in [0.2, 0.25) is 0 Å². The molecule has 0 saturated heterocycles. The van der Waals surface area contributed by atoms with Crippen LogP contribution in [0.25, 0.3) is 0 Å². The average Bonchev–Trinajstić information content (AvgIpc) is 2.29. The van der Waals surface area contributed by atoms with Crippen molar-refractivity contribution in [2.75, 3.05) is 16.8 Å². The fourth-order valence-electron chi connectivity index (χ4n) is 1.42. The van der Waals surface area contributed by atoms with Crippen LogP contribution in [0.1, 0.15) is 5.56 Å². The van der Waals surface area contributed by atoms with Crippen LogP contribution in [-0.4, -0.2) is 4.98 Å². The highest BCUT2D eigenvalue weighted by atomic mass is 35.5. The van der Waals surface area contributed by atoms with E-state index in [0.717, 1.165) is 11.3 Å². The topological polar surface area (TPSA) is 77.0 Å². The van der Waals surface area contributed by atoms with Crippen LogP contribution in [0.2, 0.25) is 5.02 Å². The van der Waals surface area contributed by atoms with Crippen LogP contribution in [0.3, 0.4) is 0 Å². The van der Waals surface area contributed by atoms with Gasteiger partial charge in [-0.05, 0) is 36.8 Å². The summed E-state index contributed by atoms with van der Waals surface area (Å²) in [5, 5.41) is 3.82. The maximum absolute atomic E-state index is 5.93. The summed E-state index contributed by atoms with van der Waals surface area (Å²) in [7, 11) is 0. The van der Waals surface area contributed by atoms with E-state index in [1.807, 2.05) is 25.1 Å². The van der Waals surface area contributed by atoms with Gasteiger partial charge in [-0.25, -0.2) is 4.98 Å². The van der Waals surface area contributed by atoms with Gasteiger partial charge < -0.3 is 16.8 Å². The molecule has 0 aliphatic rings. The number of nitrogens with zero attached hydrogens (tertiary/aromatic N) is 1. The van der Waals surface area contributed by atoms with Gasteiger partial charge in [0.15, 0.2) is 0 Å². The SMILES string of the molecule is Cc1ccc(Cl)cc1Nc1ccc(N)c(N)n1. The van der Waals surface area contributed by atoms with Crippen LogP contribution in [0.15, 0.2) is 30.3 Å². The van der Waals surface area contributed by atoms with Crippen molar-refractivity contribution in [2.24, 2.45) is 0 Å². The number of nitrogens with one attached hydrogen (secondary N) is 1. The molecule has 0 saturated carbocycles. The van der Waals surface area contributed by atoms with E-state index >= 15 is 0 Å². The van der Waals surface area contributed by atoms with Crippen LogP contribution >= 0.6 is 11.6 Å². The third-order valence-corrected chi connectivity index (χ3v) is 2.65. The predicted molar refractivity (Wildman–Crippen MR) is 72.5 cm³/mol. The first-order valence-corrected chi connectivity index (χ1v) is 5.49. The van der Waals surface area contributed by atoms with Crippen molar-refractivity contribution < 1.29 is 0 Å². The molecule has 1 aromatic heterocycles. The Morgan fingerprint density at radius 3 is 2.65 bits per heavy atom. The minimum absolute atomic E-state index is 0.315. The summed E-state index contributed by atoms with van der Waals surface area (Å²) >= 11 is 5.93. The minimum Gasteiger partial charge on any atom is -0.396 e. The number of aryl methyl sites for hydroxylation is 1. The van der Waals surface area contributed by atoms with Gasteiger partial charge in [-0.2, -0.15) is 0 Å². The minimum atomic E-state index is 0.315. The molecule has 4 nitrogen and oxygen atoms in total. The number of anilines is 4. The highest BCUT2D eigenvalue weighted by Crippen LogP contribution is 2.24. The van der Waals surface area contributed by atoms with Crippen molar-refractivity contribution >= 4 is 34.6 Å². The van der Waals surface area contributed by atoms with E-state index in [9.17, 15) is 0 Å². The summed E-state index contributed by atoms with van der Waals surface area (Å²) in [5.74, 6) is 0.955. The van der Waals surface area contributed by atoms with Crippen molar-refractivity contribution in [3.05, 3.63) is 40.9 Å². The Balaban J connectivity index is 2.31. The van der Waals surface area contributed by atoms with E-state index in [1.165, 1.54) is 0 Å². The zero-order valence-electron chi connectivity index (χ0n) is 9.37. The third-order valence-electron chi connectivity index (χ3n) is 2.42. The van der Waals surface area contributed by atoms with Crippen LogP contribution in [0.4, 0.5) is 23.0 Å². The van der Waals surface area contributed by atoms with Crippen LogP contribution in [-0.2, 0) is 0 Å². The van der Waals surface area contributed by atoms with Crippen molar-refractivity contribution in [2.45, 2.75) is 6.92 Å². The molecule has 0 aliphatic heterocycles. The second kappa shape index (κ2) is 4.51. The Kier molecular flexibility index (Phi) is 3.06. The standard InChI is InChI=1S/C12H13ClN4/c1-7-2-3-8(13)6-10(7)16-11-5-4-9(14)12(15)17-11/h2-6H,14H2,1H3,(H3,15,16,17). The normalized spacial score (nSPS) is 10.2. The summed E-state index contributed by atoms with van der Waals surface area (Å²) in [6, 6.07) is 9.10. The molecule has 17 heavy (non-hydrogen) atoms. The fraction of sp³-hybridized carbons (Fsp3) is 0.0833. The van der Waals surface area contributed by atoms with E-state index in [-0.39, 0.29) is 0 Å². The molecule has 88 valence electrons. The molecular formula is C12H13ClN4. The van der Waals surface area contributed by atoms with Gasteiger partial charge in [0.05, 0.1) is 5.69 Å². The number of rotatable bonds is 2. The third kappa shape index (κ3) is 2.60. The lowest BCUT2D eigenvalue weighted by molar-refractivity contribution is 1.30. The average molecular weight is 249 g/mol. The summed E-state index contributed by atoms with van der Waals surface area (Å²) < 4.78 is 0. The second-order valence-corrected chi connectivity index (χ2v) is 4.19. The smallest absolute Gasteiger partial charge is 0.149 e. The highest BCUT2D eigenvalue weighted by molar-refractivity contribution is 6.30. The van der Waals surface area contributed by atoms with E-state index in [1.54, 1.807) is 12.1 Å². The number of halogens is 1. The van der Waals surface area contributed by atoms with Crippen LogP contribution in [0, 0.1) is 6.92 Å². The molecule has 0 radical (unpaired) electrons. The molecule has 0 aliphatic carbocycles. The molecule has 2 aromatic rings. The van der Waals surface area contributed by atoms with Gasteiger partial charge in [0.25, 0.3) is 0 Å². The van der Waals surface area contributed by atoms with Gasteiger partial charge in [0, 0.05) is 10.7 Å². The summed E-state index contributed by atoms with van der Waals surface area (Å²) in [5.41, 5.74) is 13.7. The maximum atomic E-state index is 5.93. The Morgan fingerprint density at radius 2 is 1.94 bits per heavy atom. The van der Waals surface area contributed by atoms with E-state index in [2.05, 4.69) is 10.3 Å². The highest BCUT2D eigenvalue weighted by Gasteiger charge is 2.03. The van der Waals surface area contributed by atoms with Crippen molar-refractivity contribution in [1.82, 2.24) is 4.98 Å². The van der Waals surface area contributed by atoms with Gasteiger partial charge in [-0.1, -0.05) is 17.7 Å². The molecule has 2 rings (SSSR count). The van der Waals surface area contributed by atoms with Crippen molar-refractivity contribution in [1.29, 1.82) is 0 Å². The first kappa shape index (κ1) is 11.5. The Bertz CT molecular complexity index is 554. The predicted octanol–water partition coefficient (Wildman–Crippen LogP) is 2.95. The lowest BCUT2D eigenvalue weighted by atomic mass is 10.2. The molecule has 0 amide bonds. The maximum Gasteiger partial charge on any atom is 0.149 e. The summed E-state index contributed by atoms with van der Waals surface area (Å²) in [6.45, 7) is 1.99. The van der Waals surface area contributed by atoms with Gasteiger partial charge in [-0.3, -0.25) is 0 Å². The summed E-state index contributed by atoms with van der Waals surface area (Å²) in [4.78, 5) is 4.14. The molecule has 0 atom stereocenters. The fourth-order valence-corrected chi connectivity index (χ4v) is 1.59. The molecule has 0 fully saturated rings. The molecule has 1 heterocycles. The van der Waals surface area contributed by atoms with Gasteiger partial charge in [-0.15, -0.1) is 0 Å². The molecule has 0 spiro atoms. The number of benzene rings is 1. The Hall–Kier alpha value is -1.94. The van der Waals surface area contributed by atoms with E-state index < -0.39 is 0 Å². The molecule has 1 aromatic carbocycles. The number of aromatic nitrogens is 1. The number of nitrogens with two attached hydrogens (primary N) is 2. The van der Waals surface area contributed by atoms with Crippen molar-refractivity contribution in [3.8, 4) is 0 Å². The molecule has 0 bridgehead atoms. The number of pyridine rings is 1. The van der Waals surface area contributed by atoms with Crippen molar-refractivity contribution in [3.63, 3.8) is 0 Å². The molecule has 0 unspecified atom stereocenters. The zero-order valence-corrected chi connectivity index (χ0v) is 10.1. The van der Waals surface area contributed by atoms with Gasteiger partial charge in [0.1, 0.15) is 11.6 Å². The van der Waals surface area contributed by atoms with Gasteiger partial charge >= 0.3 is 0 Å².